The topological polar surface area (TPSA) is 75.6 Å². The molecule has 1 aliphatic heterocycles. The number of hydrogen-bond donors (Lipinski definition) is 2. The summed E-state index contributed by atoms with van der Waals surface area (Å²) in [5, 5.41) is 12.7. The van der Waals surface area contributed by atoms with Crippen molar-refractivity contribution in [1.29, 1.82) is 0 Å². The predicted molar refractivity (Wildman–Crippen MR) is 87.4 cm³/mol. The molecule has 23 heavy (non-hydrogen) atoms. The van der Waals surface area contributed by atoms with Crippen LogP contribution in [0.25, 0.3) is 0 Å². The molecule has 126 valence electrons. The van der Waals surface area contributed by atoms with Gasteiger partial charge in [0.05, 0.1) is 6.61 Å². The van der Waals surface area contributed by atoms with Crippen LogP contribution in [0.3, 0.4) is 0 Å². The number of halogens is 1. The highest BCUT2D eigenvalue weighted by atomic mass is 35.5. The molecule has 2 N–H and O–H groups in total. The Morgan fingerprint density at radius 2 is 2.17 bits per heavy atom. The molecule has 5 nitrogen and oxygen atoms in total. The summed E-state index contributed by atoms with van der Waals surface area (Å²) in [6.45, 7) is 2.80. The first-order chi connectivity index (χ1) is 11.0. The van der Waals surface area contributed by atoms with E-state index in [1.54, 1.807) is 13.0 Å². The summed E-state index contributed by atoms with van der Waals surface area (Å²) in [6.07, 6.45) is 2.04. The van der Waals surface area contributed by atoms with E-state index in [2.05, 4.69) is 5.32 Å². The lowest BCUT2D eigenvalue weighted by Gasteiger charge is -2.29. The highest BCUT2D eigenvalue weighted by molar-refractivity contribution is 6.31. The van der Waals surface area contributed by atoms with E-state index in [0.29, 0.717) is 24.7 Å². The molecule has 3 atom stereocenters. The molecule has 1 saturated heterocycles. The van der Waals surface area contributed by atoms with Gasteiger partial charge in [-0.3, -0.25) is 4.79 Å². The summed E-state index contributed by atoms with van der Waals surface area (Å²) < 4.78 is 5.33. The largest absolute Gasteiger partial charge is 0.480 e. The molecule has 3 unspecified atom stereocenters. The number of carbonyl (C=O) groups excluding carboxylic acids is 1. The van der Waals surface area contributed by atoms with E-state index in [-0.39, 0.29) is 17.7 Å². The maximum absolute atomic E-state index is 12.4. The zero-order valence-electron chi connectivity index (χ0n) is 13.1. The van der Waals surface area contributed by atoms with Gasteiger partial charge < -0.3 is 15.2 Å². The summed E-state index contributed by atoms with van der Waals surface area (Å²) in [4.78, 5) is 23.8. The van der Waals surface area contributed by atoms with Crippen LogP contribution in [-0.2, 0) is 20.7 Å². The van der Waals surface area contributed by atoms with E-state index in [4.69, 9.17) is 16.3 Å². The maximum Gasteiger partial charge on any atom is 0.326 e. The Balaban J connectivity index is 1.97. The Morgan fingerprint density at radius 3 is 2.78 bits per heavy atom. The van der Waals surface area contributed by atoms with Crippen LogP contribution < -0.4 is 5.32 Å². The highest BCUT2D eigenvalue weighted by Gasteiger charge is 2.32. The van der Waals surface area contributed by atoms with Crippen LogP contribution in [-0.4, -0.2) is 36.2 Å². The van der Waals surface area contributed by atoms with Gasteiger partial charge in [-0.25, -0.2) is 4.79 Å². The lowest BCUT2D eigenvalue weighted by molar-refractivity contribution is -0.145. The molecule has 1 heterocycles. The fraction of sp³-hybridized carbons (Fsp3) is 0.529. The van der Waals surface area contributed by atoms with Crippen LogP contribution in [0, 0.1) is 11.8 Å². The SMILES string of the molecule is CC(Cc1ccccc1Cl)C(=O)NC(C(=O)O)C1CCCOC1. The number of aliphatic carboxylic acids is 1. The Labute approximate surface area is 141 Å². The first kappa shape index (κ1) is 17.8. The zero-order valence-corrected chi connectivity index (χ0v) is 13.9. The number of benzene rings is 1. The summed E-state index contributed by atoms with van der Waals surface area (Å²) >= 11 is 6.11. The third kappa shape index (κ3) is 4.94. The molecule has 6 heteroatoms. The lowest BCUT2D eigenvalue weighted by Crippen LogP contribution is -2.50. The molecule has 2 rings (SSSR count). The van der Waals surface area contributed by atoms with Gasteiger partial charge in [-0.05, 0) is 30.9 Å². The van der Waals surface area contributed by atoms with Crippen molar-refractivity contribution in [2.45, 2.75) is 32.2 Å². The van der Waals surface area contributed by atoms with Gasteiger partial charge in [0.25, 0.3) is 0 Å². The van der Waals surface area contributed by atoms with Crippen LogP contribution in [0.5, 0.6) is 0 Å². The molecule has 1 aliphatic rings. The van der Waals surface area contributed by atoms with Crippen molar-refractivity contribution in [2.24, 2.45) is 11.8 Å². The molecule has 1 fully saturated rings. The van der Waals surface area contributed by atoms with Gasteiger partial charge in [0.15, 0.2) is 0 Å². The van der Waals surface area contributed by atoms with E-state index in [1.807, 2.05) is 18.2 Å². The molecule has 1 aromatic carbocycles. The second-order valence-corrected chi connectivity index (χ2v) is 6.41. The predicted octanol–water partition coefficient (Wildman–Crippen LogP) is 2.51. The average molecular weight is 340 g/mol. The molecule has 0 aliphatic carbocycles. The number of ether oxygens (including phenoxy) is 1. The summed E-state index contributed by atoms with van der Waals surface area (Å²) in [6, 6.07) is 6.44. The maximum atomic E-state index is 12.4. The van der Waals surface area contributed by atoms with Gasteiger partial charge in [-0.2, -0.15) is 0 Å². The molecule has 0 bridgehead atoms. The molecule has 0 saturated carbocycles. The van der Waals surface area contributed by atoms with Crippen LogP contribution in [0.4, 0.5) is 0 Å². The first-order valence-corrected chi connectivity index (χ1v) is 8.21. The molecule has 0 aromatic heterocycles. The van der Waals surface area contributed by atoms with Crippen LogP contribution in [0.2, 0.25) is 5.02 Å². The van der Waals surface area contributed by atoms with E-state index in [1.165, 1.54) is 0 Å². The number of carboxylic acids is 1. The fourth-order valence-electron chi connectivity index (χ4n) is 2.79. The number of nitrogens with one attached hydrogen (secondary N) is 1. The fourth-order valence-corrected chi connectivity index (χ4v) is 3.00. The highest BCUT2D eigenvalue weighted by Crippen LogP contribution is 2.21. The summed E-state index contributed by atoms with van der Waals surface area (Å²) in [5.41, 5.74) is 0.879. The normalized spacial score (nSPS) is 20.5. The van der Waals surface area contributed by atoms with Gasteiger partial charge in [-0.1, -0.05) is 36.7 Å². The van der Waals surface area contributed by atoms with Crippen LogP contribution >= 0.6 is 11.6 Å². The Morgan fingerprint density at radius 1 is 1.43 bits per heavy atom. The zero-order chi connectivity index (χ0) is 16.8. The molecular weight excluding hydrogens is 318 g/mol. The van der Waals surface area contributed by atoms with Crippen molar-refractivity contribution >= 4 is 23.5 Å². The summed E-state index contributed by atoms with van der Waals surface area (Å²) in [5.74, 6) is -1.83. The number of carbonyl (C=O) groups is 2. The monoisotopic (exact) mass is 339 g/mol. The number of rotatable bonds is 6. The van der Waals surface area contributed by atoms with Crippen LogP contribution in [0.15, 0.2) is 24.3 Å². The molecule has 1 amide bonds. The third-order valence-electron chi connectivity index (χ3n) is 4.16. The standard InChI is InChI=1S/C17H22ClNO4/c1-11(9-12-5-2-3-7-14(12)18)16(20)19-15(17(21)22)13-6-4-8-23-10-13/h2-3,5,7,11,13,15H,4,6,8-10H2,1H3,(H,19,20)(H,21,22). The Bertz CT molecular complexity index is 557. The van der Waals surface area contributed by atoms with Crippen molar-refractivity contribution in [1.82, 2.24) is 5.32 Å². The average Bonchev–Trinajstić information content (AvgIpc) is 2.55. The van der Waals surface area contributed by atoms with Crippen LogP contribution in [0.1, 0.15) is 25.3 Å². The van der Waals surface area contributed by atoms with Crippen molar-refractivity contribution < 1.29 is 19.4 Å². The van der Waals surface area contributed by atoms with Gasteiger partial charge in [0.2, 0.25) is 5.91 Å². The molecule has 1 aromatic rings. The van der Waals surface area contributed by atoms with Crippen molar-refractivity contribution in [2.75, 3.05) is 13.2 Å². The van der Waals surface area contributed by atoms with Gasteiger partial charge in [-0.15, -0.1) is 0 Å². The molecular formula is C17H22ClNO4. The minimum absolute atomic E-state index is 0.183. The lowest BCUT2D eigenvalue weighted by atomic mass is 9.92. The van der Waals surface area contributed by atoms with E-state index < -0.39 is 12.0 Å². The molecule has 0 spiro atoms. The minimum atomic E-state index is -1.02. The minimum Gasteiger partial charge on any atom is -0.480 e. The van der Waals surface area contributed by atoms with Crippen molar-refractivity contribution in [3.8, 4) is 0 Å². The number of hydrogen-bond acceptors (Lipinski definition) is 3. The second kappa shape index (κ2) is 8.31. The van der Waals surface area contributed by atoms with Gasteiger partial charge in [0.1, 0.15) is 6.04 Å². The first-order valence-electron chi connectivity index (χ1n) is 7.83. The van der Waals surface area contributed by atoms with E-state index in [0.717, 1.165) is 18.4 Å². The smallest absolute Gasteiger partial charge is 0.326 e. The van der Waals surface area contributed by atoms with E-state index >= 15 is 0 Å². The number of carboxylic acid groups (broad SMARTS) is 1. The van der Waals surface area contributed by atoms with E-state index in [9.17, 15) is 14.7 Å². The van der Waals surface area contributed by atoms with Crippen molar-refractivity contribution in [3.63, 3.8) is 0 Å². The van der Waals surface area contributed by atoms with Gasteiger partial charge in [0, 0.05) is 23.5 Å². The van der Waals surface area contributed by atoms with Gasteiger partial charge >= 0.3 is 5.97 Å². The van der Waals surface area contributed by atoms with Crippen molar-refractivity contribution in [3.05, 3.63) is 34.9 Å². The Hall–Kier alpha value is -1.59. The Kier molecular flexibility index (Phi) is 6.42. The second-order valence-electron chi connectivity index (χ2n) is 6.00. The quantitative estimate of drug-likeness (QED) is 0.835. The number of amides is 1. The molecule has 0 radical (unpaired) electrons. The summed E-state index contributed by atoms with van der Waals surface area (Å²) in [7, 11) is 0. The third-order valence-corrected chi connectivity index (χ3v) is 4.53.